The van der Waals surface area contributed by atoms with E-state index in [1.807, 2.05) is 37.3 Å². The topological polar surface area (TPSA) is 44.5 Å². The zero-order chi connectivity index (χ0) is 11.8. The summed E-state index contributed by atoms with van der Waals surface area (Å²) in [5.74, 6) is 1.52. The van der Waals surface area contributed by atoms with Gasteiger partial charge in [-0.15, -0.1) is 0 Å². The third-order valence-corrected chi connectivity index (χ3v) is 2.23. The molecule has 0 aliphatic heterocycles. The molecular formula is C13H19NO2. The maximum atomic E-state index is 5.60. The van der Waals surface area contributed by atoms with E-state index >= 15 is 0 Å². The number of nitrogens with two attached hydrogens (primary N) is 1. The van der Waals surface area contributed by atoms with Crippen LogP contribution in [0.1, 0.15) is 12.5 Å². The molecule has 0 amide bonds. The molecule has 0 aliphatic carbocycles. The number of ether oxygens (including phenoxy) is 2. The predicted octanol–water partition coefficient (Wildman–Crippen LogP) is 2.15. The standard InChI is InChI=1S/C13H19NO2/c1-3-4-9-16-13-10-11(7-8-14)5-6-12(13)15-2/h3-6,10H,7-9,14H2,1-2H3/b4-3+. The highest BCUT2D eigenvalue weighted by Gasteiger charge is 2.04. The van der Waals surface area contributed by atoms with E-state index in [-0.39, 0.29) is 0 Å². The zero-order valence-corrected chi connectivity index (χ0v) is 9.90. The molecule has 16 heavy (non-hydrogen) atoms. The Morgan fingerprint density at radius 2 is 2.12 bits per heavy atom. The van der Waals surface area contributed by atoms with Gasteiger partial charge in [-0.25, -0.2) is 0 Å². The minimum Gasteiger partial charge on any atom is -0.493 e. The fourth-order valence-corrected chi connectivity index (χ4v) is 1.39. The summed E-state index contributed by atoms with van der Waals surface area (Å²) in [5, 5.41) is 0. The first kappa shape index (κ1) is 12.6. The summed E-state index contributed by atoms with van der Waals surface area (Å²) < 4.78 is 10.8. The van der Waals surface area contributed by atoms with Crippen LogP contribution < -0.4 is 15.2 Å². The lowest BCUT2D eigenvalue weighted by atomic mass is 10.1. The first-order valence-electron chi connectivity index (χ1n) is 5.42. The molecule has 0 aromatic heterocycles. The van der Waals surface area contributed by atoms with Crippen LogP contribution in [0.25, 0.3) is 0 Å². The lowest BCUT2D eigenvalue weighted by Gasteiger charge is -2.10. The van der Waals surface area contributed by atoms with Gasteiger partial charge in [-0.3, -0.25) is 0 Å². The molecule has 0 radical (unpaired) electrons. The van der Waals surface area contributed by atoms with Gasteiger partial charge in [-0.2, -0.15) is 0 Å². The summed E-state index contributed by atoms with van der Waals surface area (Å²) in [4.78, 5) is 0. The molecule has 3 nitrogen and oxygen atoms in total. The van der Waals surface area contributed by atoms with Crippen LogP contribution in [0.4, 0.5) is 0 Å². The van der Waals surface area contributed by atoms with Crippen molar-refractivity contribution in [2.24, 2.45) is 5.73 Å². The Morgan fingerprint density at radius 3 is 2.75 bits per heavy atom. The second-order valence-corrected chi connectivity index (χ2v) is 3.40. The van der Waals surface area contributed by atoms with Crippen molar-refractivity contribution in [2.45, 2.75) is 13.3 Å². The number of hydrogen-bond donors (Lipinski definition) is 1. The molecule has 1 rings (SSSR count). The first-order valence-corrected chi connectivity index (χ1v) is 5.42. The van der Waals surface area contributed by atoms with Crippen LogP contribution in [0, 0.1) is 0 Å². The first-order chi connectivity index (χ1) is 7.81. The number of hydrogen-bond acceptors (Lipinski definition) is 3. The predicted molar refractivity (Wildman–Crippen MR) is 66.1 cm³/mol. The van der Waals surface area contributed by atoms with Gasteiger partial charge in [-0.05, 0) is 37.6 Å². The van der Waals surface area contributed by atoms with Crippen LogP contribution in [0.15, 0.2) is 30.4 Å². The van der Waals surface area contributed by atoms with Crippen LogP contribution >= 0.6 is 0 Å². The number of rotatable bonds is 6. The van der Waals surface area contributed by atoms with Crippen LogP contribution in [0.5, 0.6) is 11.5 Å². The molecule has 0 saturated heterocycles. The van der Waals surface area contributed by atoms with Crippen molar-refractivity contribution < 1.29 is 9.47 Å². The average molecular weight is 221 g/mol. The maximum Gasteiger partial charge on any atom is 0.161 e. The average Bonchev–Trinajstić information content (AvgIpc) is 2.30. The highest BCUT2D eigenvalue weighted by atomic mass is 16.5. The van der Waals surface area contributed by atoms with Gasteiger partial charge in [0, 0.05) is 0 Å². The van der Waals surface area contributed by atoms with E-state index < -0.39 is 0 Å². The molecule has 1 aromatic rings. The van der Waals surface area contributed by atoms with Gasteiger partial charge in [0.05, 0.1) is 7.11 Å². The van der Waals surface area contributed by atoms with Crippen molar-refractivity contribution in [3.05, 3.63) is 35.9 Å². The van der Waals surface area contributed by atoms with E-state index in [0.29, 0.717) is 13.2 Å². The second-order valence-electron chi connectivity index (χ2n) is 3.40. The van der Waals surface area contributed by atoms with Gasteiger partial charge in [0.2, 0.25) is 0 Å². The van der Waals surface area contributed by atoms with Gasteiger partial charge in [0.15, 0.2) is 11.5 Å². The van der Waals surface area contributed by atoms with Gasteiger partial charge in [-0.1, -0.05) is 18.2 Å². The monoisotopic (exact) mass is 221 g/mol. The molecule has 0 unspecified atom stereocenters. The Balaban J connectivity index is 2.79. The van der Waals surface area contributed by atoms with Crippen LogP contribution in [-0.2, 0) is 6.42 Å². The minimum absolute atomic E-state index is 0.555. The van der Waals surface area contributed by atoms with E-state index in [1.165, 1.54) is 5.56 Å². The Morgan fingerprint density at radius 1 is 1.31 bits per heavy atom. The Hall–Kier alpha value is -1.48. The fraction of sp³-hybridized carbons (Fsp3) is 0.385. The molecule has 1 aromatic carbocycles. The van der Waals surface area contributed by atoms with Crippen molar-refractivity contribution in [1.29, 1.82) is 0 Å². The van der Waals surface area contributed by atoms with E-state index in [9.17, 15) is 0 Å². The lowest BCUT2D eigenvalue weighted by Crippen LogP contribution is -2.03. The van der Waals surface area contributed by atoms with E-state index in [1.54, 1.807) is 7.11 Å². The maximum absolute atomic E-state index is 5.60. The van der Waals surface area contributed by atoms with Crippen LogP contribution in [-0.4, -0.2) is 20.3 Å². The summed E-state index contributed by atoms with van der Waals surface area (Å²) >= 11 is 0. The normalized spacial score (nSPS) is 10.7. The Labute approximate surface area is 96.9 Å². The second kappa shape index (κ2) is 6.90. The third kappa shape index (κ3) is 3.59. The fourth-order valence-electron chi connectivity index (χ4n) is 1.39. The molecule has 0 heterocycles. The molecule has 0 saturated carbocycles. The minimum atomic E-state index is 0.555. The SMILES string of the molecule is C/C=C/COc1cc(CCN)ccc1OC. The van der Waals surface area contributed by atoms with Gasteiger partial charge >= 0.3 is 0 Å². The molecule has 0 spiro atoms. The van der Waals surface area contributed by atoms with Crippen LogP contribution in [0.3, 0.4) is 0 Å². The number of methoxy groups -OCH3 is 1. The molecule has 0 fully saturated rings. The smallest absolute Gasteiger partial charge is 0.161 e. The number of benzene rings is 1. The molecule has 0 bridgehead atoms. The molecule has 3 heteroatoms. The van der Waals surface area contributed by atoms with Crippen molar-refractivity contribution in [3.63, 3.8) is 0 Å². The van der Waals surface area contributed by atoms with Crippen molar-refractivity contribution >= 4 is 0 Å². The van der Waals surface area contributed by atoms with Crippen molar-refractivity contribution in [3.8, 4) is 11.5 Å². The van der Waals surface area contributed by atoms with Crippen molar-refractivity contribution in [2.75, 3.05) is 20.3 Å². The van der Waals surface area contributed by atoms with Gasteiger partial charge in [0.25, 0.3) is 0 Å². The molecule has 0 atom stereocenters. The highest BCUT2D eigenvalue weighted by molar-refractivity contribution is 5.43. The van der Waals surface area contributed by atoms with E-state index in [0.717, 1.165) is 17.9 Å². The summed E-state index contributed by atoms with van der Waals surface area (Å²) in [5.41, 5.74) is 6.69. The Kier molecular flexibility index (Phi) is 5.43. The summed E-state index contributed by atoms with van der Waals surface area (Å²) in [6.07, 6.45) is 4.76. The number of allylic oxidation sites excluding steroid dienone is 1. The van der Waals surface area contributed by atoms with Crippen molar-refractivity contribution in [1.82, 2.24) is 0 Å². The van der Waals surface area contributed by atoms with Crippen LogP contribution in [0.2, 0.25) is 0 Å². The lowest BCUT2D eigenvalue weighted by molar-refractivity contribution is 0.326. The summed E-state index contributed by atoms with van der Waals surface area (Å²) in [7, 11) is 1.64. The molecule has 88 valence electrons. The quantitative estimate of drug-likeness (QED) is 0.749. The van der Waals surface area contributed by atoms with E-state index in [2.05, 4.69) is 0 Å². The van der Waals surface area contributed by atoms with Gasteiger partial charge < -0.3 is 15.2 Å². The largest absolute Gasteiger partial charge is 0.493 e. The molecule has 2 N–H and O–H groups in total. The van der Waals surface area contributed by atoms with E-state index in [4.69, 9.17) is 15.2 Å². The summed E-state index contributed by atoms with van der Waals surface area (Å²) in [6.45, 7) is 3.16. The Bertz CT molecular complexity index is 348. The molecule has 0 aliphatic rings. The molecular weight excluding hydrogens is 202 g/mol. The zero-order valence-electron chi connectivity index (χ0n) is 9.90. The van der Waals surface area contributed by atoms with Gasteiger partial charge in [0.1, 0.15) is 6.61 Å². The third-order valence-electron chi connectivity index (χ3n) is 2.23. The highest BCUT2D eigenvalue weighted by Crippen LogP contribution is 2.28. The summed E-state index contributed by atoms with van der Waals surface area (Å²) in [6, 6.07) is 5.90.